The number of hydrogen-bond donors (Lipinski definition) is 1. The van der Waals surface area contributed by atoms with E-state index < -0.39 is 0 Å². The van der Waals surface area contributed by atoms with Crippen molar-refractivity contribution >= 4 is 0 Å². The quantitative estimate of drug-likeness (QED) is 0.871. The van der Waals surface area contributed by atoms with E-state index in [1.165, 1.54) is 5.56 Å². The van der Waals surface area contributed by atoms with E-state index in [2.05, 4.69) is 68.5 Å². The number of rotatable bonds is 6. The first kappa shape index (κ1) is 16.5. The Balaban J connectivity index is 2.01. The zero-order valence-electron chi connectivity index (χ0n) is 13.9. The molecule has 0 radical (unpaired) electrons. The first-order chi connectivity index (χ1) is 10.1. The maximum absolute atomic E-state index is 5.89. The van der Waals surface area contributed by atoms with Gasteiger partial charge in [-0.2, -0.15) is 0 Å². The zero-order valence-corrected chi connectivity index (χ0v) is 13.9. The highest BCUT2D eigenvalue weighted by Gasteiger charge is 2.27. The number of likely N-dealkylation sites (N-methyl/N-ethyl adjacent to an activating group) is 1. The fourth-order valence-corrected chi connectivity index (χ4v) is 3.03. The van der Waals surface area contributed by atoms with Gasteiger partial charge in [-0.1, -0.05) is 44.2 Å². The topological polar surface area (TPSA) is 24.5 Å². The fourth-order valence-electron chi connectivity index (χ4n) is 3.03. The molecule has 1 aliphatic heterocycles. The van der Waals surface area contributed by atoms with Crippen molar-refractivity contribution < 1.29 is 4.74 Å². The normalized spacial score (nSPS) is 24.5. The number of nitrogens with zero attached hydrogens (tertiary/aromatic N) is 1. The van der Waals surface area contributed by atoms with Crippen molar-refractivity contribution in [3.63, 3.8) is 0 Å². The average molecular weight is 290 g/mol. The first-order valence-electron chi connectivity index (χ1n) is 8.13. The van der Waals surface area contributed by atoms with Crippen LogP contribution in [0.5, 0.6) is 0 Å². The smallest absolute Gasteiger partial charge is 0.0612 e. The highest BCUT2D eigenvalue weighted by molar-refractivity contribution is 5.19. The van der Waals surface area contributed by atoms with Crippen LogP contribution in [0, 0.1) is 5.92 Å². The van der Waals surface area contributed by atoms with Gasteiger partial charge in [0.15, 0.2) is 0 Å². The highest BCUT2D eigenvalue weighted by atomic mass is 16.5. The van der Waals surface area contributed by atoms with E-state index in [0.717, 1.165) is 26.0 Å². The molecule has 0 amide bonds. The van der Waals surface area contributed by atoms with Crippen molar-refractivity contribution in [1.29, 1.82) is 0 Å². The van der Waals surface area contributed by atoms with Gasteiger partial charge in [0.2, 0.25) is 0 Å². The summed E-state index contributed by atoms with van der Waals surface area (Å²) < 4.78 is 5.89. The van der Waals surface area contributed by atoms with E-state index in [1.54, 1.807) is 0 Å². The van der Waals surface area contributed by atoms with Crippen molar-refractivity contribution in [2.45, 2.75) is 44.9 Å². The Labute approximate surface area is 129 Å². The van der Waals surface area contributed by atoms with Gasteiger partial charge in [0.1, 0.15) is 0 Å². The predicted octanol–water partition coefficient (Wildman–Crippen LogP) is 3.08. The van der Waals surface area contributed by atoms with Gasteiger partial charge in [-0.3, -0.25) is 0 Å². The predicted molar refractivity (Wildman–Crippen MR) is 88.5 cm³/mol. The van der Waals surface area contributed by atoms with Crippen LogP contribution < -0.4 is 5.32 Å². The molecule has 0 saturated carbocycles. The van der Waals surface area contributed by atoms with Crippen LogP contribution in [0.4, 0.5) is 0 Å². The molecule has 3 heteroatoms. The summed E-state index contributed by atoms with van der Waals surface area (Å²) in [6, 6.07) is 11.7. The van der Waals surface area contributed by atoms with E-state index in [-0.39, 0.29) is 0 Å². The molecular formula is C18H30N2O. The molecule has 2 rings (SSSR count). The largest absolute Gasteiger partial charge is 0.378 e. The number of nitrogens with one attached hydrogen (secondary N) is 1. The van der Waals surface area contributed by atoms with Gasteiger partial charge in [0, 0.05) is 25.2 Å². The molecule has 1 aromatic rings. The molecule has 1 aromatic carbocycles. The summed E-state index contributed by atoms with van der Waals surface area (Å²) in [5, 5.41) is 3.87. The van der Waals surface area contributed by atoms with E-state index in [1.807, 2.05) is 0 Å². The van der Waals surface area contributed by atoms with Crippen molar-refractivity contribution in [3.8, 4) is 0 Å². The van der Waals surface area contributed by atoms with Crippen LogP contribution in [0.1, 0.15) is 38.3 Å². The summed E-state index contributed by atoms with van der Waals surface area (Å²) in [7, 11) is 4.27. The lowest BCUT2D eigenvalue weighted by Gasteiger charge is -2.35. The molecule has 1 fully saturated rings. The SMILES string of the molecule is CC(C)C1CC(NC(CN(C)C)c2ccccc2)CCO1. The van der Waals surface area contributed by atoms with Crippen molar-refractivity contribution in [2.75, 3.05) is 27.2 Å². The van der Waals surface area contributed by atoms with Gasteiger partial charge in [-0.15, -0.1) is 0 Å². The first-order valence-corrected chi connectivity index (χ1v) is 8.13. The minimum absolute atomic E-state index is 0.386. The van der Waals surface area contributed by atoms with Gasteiger partial charge >= 0.3 is 0 Å². The van der Waals surface area contributed by atoms with Gasteiger partial charge < -0.3 is 15.0 Å². The summed E-state index contributed by atoms with van der Waals surface area (Å²) in [5.74, 6) is 0.596. The molecule has 3 unspecified atom stereocenters. The summed E-state index contributed by atoms with van der Waals surface area (Å²) in [6.45, 7) is 6.40. The maximum Gasteiger partial charge on any atom is 0.0612 e. The standard InChI is InChI=1S/C18H30N2O/c1-14(2)18-12-16(10-11-21-18)19-17(13-20(3)4)15-8-6-5-7-9-15/h5-9,14,16-19H,10-13H2,1-4H3. The second-order valence-corrected chi connectivity index (χ2v) is 6.77. The lowest BCUT2D eigenvalue weighted by Crippen LogP contribution is -2.44. The van der Waals surface area contributed by atoms with Crippen LogP contribution >= 0.6 is 0 Å². The van der Waals surface area contributed by atoms with Crippen LogP contribution in [-0.4, -0.2) is 44.3 Å². The molecule has 21 heavy (non-hydrogen) atoms. The molecule has 3 atom stereocenters. The molecule has 1 aliphatic rings. The minimum Gasteiger partial charge on any atom is -0.378 e. The number of benzene rings is 1. The van der Waals surface area contributed by atoms with Crippen molar-refractivity contribution in [2.24, 2.45) is 5.92 Å². The molecular weight excluding hydrogens is 260 g/mol. The lowest BCUT2D eigenvalue weighted by molar-refractivity contribution is -0.0263. The Bertz CT molecular complexity index is 405. The van der Waals surface area contributed by atoms with Crippen LogP contribution in [0.2, 0.25) is 0 Å². The third kappa shape index (κ3) is 5.10. The third-order valence-electron chi connectivity index (χ3n) is 4.25. The Kier molecular flexibility index (Phi) is 6.22. The molecule has 3 nitrogen and oxygen atoms in total. The Morgan fingerprint density at radius 2 is 1.95 bits per heavy atom. The van der Waals surface area contributed by atoms with Gasteiger partial charge in [-0.25, -0.2) is 0 Å². The third-order valence-corrected chi connectivity index (χ3v) is 4.25. The molecule has 0 spiro atoms. The molecule has 0 aromatic heterocycles. The Hall–Kier alpha value is -0.900. The molecule has 0 bridgehead atoms. The van der Waals surface area contributed by atoms with Gasteiger partial charge in [-0.05, 0) is 38.4 Å². The Morgan fingerprint density at radius 1 is 1.24 bits per heavy atom. The average Bonchev–Trinajstić information content (AvgIpc) is 2.47. The zero-order chi connectivity index (χ0) is 15.2. The van der Waals surface area contributed by atoms with Crippen LogP contribution in [0.3, 0.4) is 0 Å². The summed E-state index contributed by atoms with van der Waals surface area (Å²) >= 11 is 0. The summed E-state index contributed by atoms with van der Waals surface area (Å²) in [6.07, 6.45) is 2.63. The second-order valence-electron chi connectivity index (χ2n) is 6.77. The molecule has 0 aliphatic carbocycles. The number of hydrogen-bond acceptors (Lipinski definition) is 3. The van der Waals surface area contributed by atoms with Crippen LogP contribution in [0.25, 0.3) is 0 Å². The molecule has 1 heterocycles. The highest BCUT2D eigenvalue weighted by Crippen LogP contribution is 2.23. The molecule has 1 saturated heterocycles. The van der Waals surface area contributed by atoms with Crippen LogP contribution in [-0.2, 0) is 4.74 Å². The second kappa shape index (κ2) is 7.92. The van der Waals surface area contributed by atoms with Crippen molar-refractivity contribution in [3.05, 3.63) is 35.9 Å². The van der Waals surface area contributed by atoms with Crippen molar-refractivity contribution in [1.82, 2.24) is 10.2 Å². The Morgan fingerprint density at radius 3 is 2.57 bits per heavy atom. The molecule has 118 valence electrons. The van der Waals surface area contributed by atoms with E-state index >= 15 is 0 Å². The van der Waals surface area contributed by atoms with Gasteiger partial charge in [0.05, 0.1) is 6.10 Å². The van der Waals surface area contributed by atoms with E-state index in [0.29, 0.717) is 24.1 Å². The van der Waals surface area contributed by atoms with E-state index in [9.17, 15) is 0 Å². The summed E-state index contributed by atoms with van der Waals surface area (Å²) in [5.41, 5.74) is 1.37. The minimum atomic E-state index is 0.386. The molecule has 1 N–H and O–H groups in total. The lowest BCUT2D eigenvalue weighted by atomic mass is 9.94. The fraction of sp³-hybridized carbons (Fsp3) is 0.667. The van der Waals surface area contributed by atoms with Gasteiger partial charge in [0.25, 0.3) is 0 Å². The monoisotopic (exact) mass is 290 g/mol. The van der Waals surface area contributed by atoms with E-state index in [4.69, 9.17) is 4.74 Å². The van der Waals surface area contributed by atoms with Crippen LogP contribution in [0.15, 0.2) is 30.3 Å². The summed E-state index contributed by atoms with van der Waals surface area (Å²) in [4.78, 5) is 2.25. The number of ether oxygens (including phenoxy) is 1. The maximum atomic E-state index is 5.89.